The molecule has 1 aliphatic carbocycles. The van der Waals surface area contributed by atoms with Gasteiger partial charge in [-0.05, 0) is 68.9 Å². The molecule has 8 nitrogen and oxygen atoms in total. The van der Waals surface area contributed by atoms with Crippen molar-refractivity contribution >= 4 is 23.6 Å². The minimum atomic E-state index is -0.789. The summed E-state index contributed by atoms with van der Waals surface area (Å²) in [6, 6.07) is 17.1. The van der Waals surface area contributed by atoms with Crippen molar-refractivity contribution in [3.63, 3.8) is 0 Å². The van der Waals surface area contributed by atoms with Gasteiger partial charge in [0.25, 0.3) is 0 Å². The number of carboxylic acids is 1. The van der Waals surface area contributed by atoms with Crippen molar-refractivity contribution in [2.24, 2.45) is 5.41 Å². The fourth-order valence-electron chi connectivity index (χ4n) is 5.41. The van der Waals surface area contributed by atoms with Crippen LogP contribution in [0.1, 0.15) is 57.1 Å². The van der Waals surface area contributed by atoms with Crippen LogP contribution in [0.15, 0.2) is 60.8 Å². The number of hydrogen-bond donors (Lipinski definition) is 2. The van der Waals surface area contributed by atoms with Crippen LogP contribution in [0.25, 0.3) is 5.69 Å². The van der Waals surface area contributed by atoms with Gasteiger partial charge in [0.1, 0.15) is 6.10 Å². The normalized spacial score (nSPS) is 19.2. The van der Waals surface area contributed by atoms with E-state index in [1.807, 2.05) is 54.6 Å². The van der Waals surface area contributed by atoms with E-state index >= 15 is 0 Å². The summed E-state index contributed by atoms with van der Waals surface area (Å²) < 4.78 is 21.3. The number of carbonyl (C=O) groups is 2. The number of anilines is 2. The summed E-state index contributed by atoms with van der Waals surface area (Å²) in [4.78, 5) is 26.1. The van der Waals surface area contributed by atoms with Crippen molar-refractivity contribution in [1.29, 1.82) is 0 Å². The number of rotatable bonds is 8. The number of piperidine rings is 1. The third-order valence-electron chi connectivity index (χ3n) is 7.49. The van der Waals surface area contributed by atoms with E-state index in [0.717, 1.165) is 49.9 Å². The molecule has 2 atom stereocenters. The Morgan fingerprint density at radius 1 is 1.14 bits per heavy atom. The first-order valence-electron chi connectivity index (χ1n) is 12.7. The van der Waals surface area contributed by atoms with E-state index in [9.17, 15) is 19.1 Å². The smallest absolute Gasteiger partial charge is 0.413 e. The second-order valence-corrected chi connectivity index (χ2v) is 10.0. The molecule has 2 N–H and O–H groups in total. The van der Waals surface area contributed by atoms with Gasteiger partial charge in [0.15, 0.2) is 11.6 Å². The number of aliphatic carboxylic acids is 1. The number of ether oxygens (including phenoxy) is 1. The lowest BCUT2D eigenvalue weighted by molar-refractivity contribution is -0.138. The first-order chi connectivity index (χ1) is 17.8. The van der Waals surface area contributed by atoms with Gasteiger partial charge in [-0.3, -0.25) is 10.1 Å². The highest BCUT2D eigenvalue weighted by atomic mass is 19.1. The largest absolute Gasteiger partial charge is 0.481 e. The molecule has 3 aromatic rings. The predicted molar refractivity (Wildman–Crippen MR) is 137 cm³/mol. The number of amides is 1. The van der Waals surface area contributed by atoms with E-state index in [1.165, 1.54) is 10.9 Å². The van der Waals surface area contributed by atoms with Gasteiger partial charge < -0.3 is 14.7 Å². The third kappa shape index (κ3) is 5.45. The Morgan fingerprint density at radius 2 is 1.84 bits per heavy atom. The molecule has 2 unspecified atom stereocenters. The number of aromatic nitrogens is 2. The number of halogens is 1. The Labute approximate surface area is 215 Å². The number of hydrogen-bond acceptors (Lipinski definition) is 5. The lowest BCUT2D eigenvalue weighted by Crippen LogP contribution is -2.46. The molecule has 1 aliphatic heterocycles. The second kappa shape index (κ2) is 10.2. The number of benzene rings is 2. The highest BCUT2D eigenvalue weighted by molar-refractivity contribution is 5.83. The predicted octanol–water partition coefficient (Wildman–Crippen LogP) is 5.93. The van der Waals surface area contributed by atoms with E-state index in [1.54, 1.807) is 6.92 Å². The second-order valence-electron chi connectivity index (χ2n) is 10.0. The molecular weight excluding hydrogens is 475 g/mol. The Kier molecular flexibility index (Phi) is 6.86. The molecule has 0 spiro atoms. The van der Waals surface area contributed by atoms with Gasteiger partial charge in [-0.2, -0.15) is 0 Å². The number of carbonyl (C=O) groups excluding carboxylic acids is 1. The first kappa shape index (κ1) is 24.8. The SMILES string of the molecule is CC(OC(=O)Nc1nn(-c2ccc(N3CCCCC3C3(CC(=O)O)CC3)cc2)cc1F)c1ccccc1. The van der Waals surface area contributed by atoms with Gasteiger partial charge in [0.2, 0.25) is 0 Å². The van der Waals surface area contributed by atoms with Crippen LogP contribution in [-0.4, -0.2) is 39.5 Å². The molecule has 0 bridgehead atoms. The maximum atomic E-state index is 14.6. The zero-order valence-electron chi connectivity index (χ0n) is 20.8. The van der Waals surface area contributed by atoms with Crippen molar-refractivity contribution in [1.82, 2.24) is 9.78 Å². The molecule has 1 aromatic heterocycles. The molecule has 194 valence electrons. The Morgan fingerprint density at radius 3 is 2.51 bits per heavy atom. The van der Waals surface area contributed by atoms with Crippen LogP contribution in [-0.2, 0) is 9.53 Å². The topological polar surface area (TPSA) is 96.7 Å². The van der Waals surface area contributed by atoms with Crippen LogP contribution in [0.3, 0.4) is 0 Å². The molecule has 1 saturated carbocycles. The lowest BCUT2D eigenvalue weighted by atomic mass is 9.84. The van der Waals surface area contributed by atoms with Crippen LogP contribution in [0.2, 0.25) is 0 Å². The van der Waals surface area contributed by atoms with Crippen LogP contribution in [0.4, 0.5) is 20.7 Å². The van der Waals surface area contributed by atoms with Gasteiger partial charge in [0, 0.05) is 23.7 Å². The fourth-order valence-corrected chi connectivity index (χ4v) is 5.41. The van der Waals surface area contributed by atoms with Crippen LogP contribution in [0, 0.1) is 11.2 Å². The van der Waals surface area contributed by atoms with Crippen LogP contribution < -0.4 is 10.2 Å². The molecule has 9 heteroatoms. The van der Waals surface area contributed by atoms with Crippen molar-refractivity contribution in [2.45, 2.75) is 57.6 Å². The van der Waals surface area contributed by atoms with Crippen molar-refractivity contribution < 1.29 is 23.8 Å². The maximum absolute atomic E-state index is 14.6. The quantitative estimate of drug-likeness (QED) is 0.393. The monoisotopic (exact) mass is 506 g/mol. The summed E-state index contributed by atoms with van der Waals surface area (Å²) >= 11 is 0. The van der Waals surface area contributed by atoms with Crippen LogP contribution >= 0.6 is 0 Å². The highest BCUT2D eigenvalue weighted by Crippen LogP contribution is 2.56. The van der Waals surface area contributed by atoms with E-state index in [0.29, 0.717) is 5.69 Å². The molecule has 1 saturated heterocycles. The summed E-state index contributed by atoms with van der Waals surface area (Å²) in [6.07, 6.45) is 5.20. The van der Waals surface area contributed by atoms with E-state index < -0.39 is 24.0 Å². The van der Waals surface area contributed by atoms with Crippen molar-refractivity contribution in [3.05, 3.63) is 72.2 Å². The number of carboxylic acid groups (broad SMARTS) is 1. The van der Waals surface area contributed by atoms with Gasteiger partial charge >= 0.3 is 12.1 Å². The fraction of sp³-hybridized carbons (Fsp3) is 0.393. The summed E-state index contributed by atoms with van der Waals surface area (Å²) in [6.45, 7) is 2.63. The van der Waals surface area contributed by atoms with Gasteiger partial charge in [-0.15, -0.1) is 5.10 Å². The average Bonchev–Trinajstić information content (AvgIpc) is 3.58. The molecule has 5 rings (SSSR count). The summed E-state index contributed by atoms with van der Waals surface area (Å²) in [7, 11) is 0. The zero-order chi connectivity index (χ0) is 26.0. The molecule has 0 radical (unpaired) electrons. The standard InChI is InChI=1S/C28H31FN4O4/c1-19(20-7-3-2-4-8-20)37-27(36)30-26-23(29)18-33(31-26)22-12-10-21(11-13-22)32-16-6-5-9-24(32)28(14-15-28)17-25(34)35/h2-4,7-8,10-13,18-19,24H,5-6,9,14-17H2,1H3,(H,34,35)(H,30,31,36). The molecule has 37 heavy (non-hydrogen) atoms. The Hall–Kier alpha value is -3.88. The van der Waals surface area contributed by atoms with Gasteiger partial charge in [0.05, 0.1) is 18.3 Å². The molecule has 1 amide bonds. The summed E-state index contributed by atoms with van der Waals surface area (Å²) in [5.41, 5.74) is 2.36. The Balaban J connectivity index is 1.26. The number of nitrogens with zero attached hydrogens (tertiary/aromatic N) is 3. The highest BCUT2D eigenvalue weighted by Gasteiger charge is 2.53. The van der Waals surface area contributed by atoms with Crippen LogP contribution in [0.5, 0.6) is 0 Å². The van der Waals surface area contributed by atoms with Crippen molar-refractivity contribution in [2.75, 3.05) is 16.8 Å². The minimum absolute atomic E-state index is 0.136. The third-order valence-corrected chi connectivity index (χ3v) is 7.49. The van der Waals surface area contributed by atoms with Gasteiger partial charge in [-0.25, -0.2) is 13.9 Å². The average molecular weight is 507 g/mol. The zero-order valence-corrected chi connectivity index (χ0v) is 20.8. The summed E-state index contributed by atoms with van der Waals surface area (Å²) in [5.74, 6) is -1.62. The number of nitrogens with one attached hydrogen (secondary N) is 1. The maximum Gasteiger partial charge on any atom is 0.413 e. The Bertz CT molecular complexity index is 1260. The minimum Gasteiger partial charge on any atom is -0.481 e. The molecule has 2 fully saturated rings. The molecule has 2 aromatic carbocycles. The molecular formula is C28H31FN4O4. The van der Waals surface area contributed by atoms with E-state index in [2.05, 4.69) is 15.3 Å². The van der Waals surface area contributed by atoms with E-state index in [-0.39, 0.29) is 23.7 Å². The summed E-state index contributed by atoms with van der Waals surface area (Å²) in [5, 5.41) is 16.0. The molecule has 2 heterocycles. The van der Waals surface area contributed by atoms with E-state index in [4.69, 9.17) is 4.74 Å². The molecule has 2 aliphatic rings. The van der Waals surface area contributed by atoms with Gasteiger partial charge in [-0.1, -0.05) is 30.3 Å². The first-order valence-corrected chi connectivity index (χ1v) is 12.7. The van der Waals surface area contributed by atoms with Crippen molar-refractivity contribution in [3.8, 4) is 5.69 Å². The lowest BCUT2D eigenvalue weighted by Gasteiger charge is -2.42.